The second-order valence-electron chi connectivity index (χ2n) is 8.81. The molecule has 1 aromatic carbocycles. The molecule has 0 unspecified atom stereocenters. The number of anilines is 1. The zero-order valence-corrected chi connectivity index (χ0v) is 20.3. The summed E-state index contributed by atoms with van der Waals surface area (Å²) in [5, 5.41) is 8.82. The van der Waals surface area contributed by atoms with Gasteiger partial charge in [0, 0.05) is 41.7 Å². The second-order valence-corrected chi connectivity index (χ2v) is 10.1. The van der Waals surface area contributed by atoms with Crippen molar-refractivity contribution in [3.8, 4) is 11.3 Å². The maximum Gasteiger partial charge on any atom is 0.225 e. The molecule has 0 spiro atoms. The van der Waals surface area contributed by atoms with Crippen molar-refractivity contribution >= 4 is 44.9 Å². The van der Waals surface area contributed by atoms with Crippen LogP contribution in [0.25, 0.3) is 16.9 Å². The Morgan fingerprint density at radius 2 is 1.84 bits per heavy atom. The molecule has 2 fully saturated rings. The van der Waals surface area contributed by atoms with Crippen LogP contribution in [0, 0.1) is 5.92 Å². The first-order chi connectivity index (χ1) is 15.6. The average Bonchev–Trinajstić information content (AvgIpc) is 3.21. The van der Waals surface area contributed by atoms with Crippen LogP contribution < -0.4 is 5.32 Å². The number of nitrogens with zero attached hydrogens (tertiary/aromatic N) is 4. The van der Waals surface area contributed by atoms with Crippen molar-refractivity contribution in [1.82, 2.24) is 19.5 Å². The molecule has 8 heteroatoms. The van der Waals surface area contributed by atoms with Gasteiger partial charge in [0.15, 0.2) is 5.65 Å². The number of rotatable bonds is 4. The number of amides is 1. The van der Waals surface area contributed by atoms with E-state index in [1.165, 1.54) is 19.3 Å². The summed E-state index contributed by atoms with van der Waals surface area (Å²) < 4.78 is 2.66. The minimum Gasteiger partial charge on any atom is -0.367 e. The van der Waals surface area contributed by atoms with E-state index in [1.807, 2.05) is 34.8 Å². The Morgan fingerprint density at radius 1 is 1.09 bits per heavy atom. The lowest BCUT2D eigenvalue weighted by Crippen LogP contribution is -2.45. The number of carbonyl (C=O) groups excluding carboxylic acids is 1. The fourth-order valence-electron chi connectivity index (χ4n) is 4.91. The van der Waals surface area contributed by atoms with Crippen molar-refractivity contribution in [3.63, 3.8) is 0 Å². The topological polar surface area (TPSA) is 62.5 Å². The Morgan fingerprint density at radius 3 is 2.59 bits per heavy atom. The van der Waals surface area contributed by atoms with Crippen molar-refractivity contribution in [2.24, 2.45) is 5.92 Å². The number of nitrogens with one attached hydrogen (secondary N) is 1. The molecule has 168 valence electrons. The highest BCUT2D eigenvalue weighted by atomic mass is 79.9. The van der Waals surface area contributed by atoms with Crippen molar-refractivity contribution in [2.75, 3.05) is 18.4 Å². The van der Waals surface area contributed by atoms with Gasteiger partial charge in [-0.05, 0) is 47.7 Å². The van der Waals surface area contributed by atoms with Crippen LogP contribution in [0.1, 0.15) is 44.9 Å². The first kappa shape index (κ1) is 21.7. The fraction of sp³-hybridized carbons (Fsp3) is 0.458. The third-order valence-corrected chi connectivity index (χ3v) is 7.58. The molecule has 1 aliphatic heterocycles. The number of hydrogen-bond donors (Lipinski definition) is 1. The van der Waals surface area contributed by atoms with Gasteiger partial charge in [0.1, 0.15) is 5.82 Å². The van der Waals surface area contributed by atoms with E-state index in [0.29, 0.717) is 10.9 Å². The van der Waals surface area contributed by atoms with Gasteiger partial charge in [0.05, 0.1) is 16.4 Å². The number of likely N-dealkylation sites (tertiary alicyclic amines) is 1. The summed E-state index contributed by atoms with van der Waals surface area (Å²) in [6, 6.07) is 10.0. The standard InChI is InChI=1S/C24H27BrClN5O/c25-19-15-27-31-22(14-21(29-23(19)31)18-8-4-5-9-20(18)26)28-17-10-12-30(13-11-17)24(32)16-6-2-1-3-7-16/h4-5,8-9,14-17,28H,1-3,6-7,10-13H2. The van der Waals surface area contributed by atoms with Gasteiger partial charge in [-0.15, -0.1) is 0 Å². The van der Waals surface area contributed by atoms with Crippen molar-refractivity contribution in [2.45, 2.75) is 51.0 Å². The lowest BCUT2D eigenvalue weighted by atomic mass is 9.87. The fourth-order valence-corrected chi connectivity index (χ4v) is 5.49. The minimum atomic E-state index is 0.243. The van der Waals surface area contributed by atoms with Crippen LogP contribution in [-0.4, -0.2) is 44.5 Å². The summed E-state index contributed by atoms with van der Waals surface area (Å²) in [4.78, 5) is 19.8. The monoisotopic (exact) mass is 515 g/mol. The normalized spacial score (nSPS) is 18.2. The lowest BCUT2D eigenvalue weighted by molar-refractivity contribution is -0.137. The van der Waals surface area contributed by atoms with Gasteiger partial charge in [0.2, 0.25) is 5.91 Å². The van der Waals surface area contributed by atoms with Gasteiger partial charge in [-0.25, -0.2) is 4.98 Å². The van der Waals surface area contributed by atoms with Crippen LogP contribution in [-0.2, 0) is 4.79 Å². The smallest absolute Gasteiger partial charge is 0.225 e. The molecule has 2 aliphatic rings. The number of halogens is 2. The van der Waals surface area contributed by atoms with Crippen molar-refractivity contribution < 1.29 is 4.79 Å². The Hall–Kier alpha value is -2.12. The van der Waals surface area contributed by atoms with Gasteiger partial charge < -0.3 is 10.2 Å². The number of fused-ring (bicyclic) bond motifs is 1. The highest BCUT2D eigenvalue weighted by Gasteiger charge is 2.29. The molecule has 5 rings (SSSR count). The summed E-state index contributed by atoms with van der Waals surface area (Å²) in [6.07, 6.45) is 9.39. The Bertz CT molecular complexity index is 1120. The number of piperidine rings is 1. The molecule has 0 atom stereocenters. The van der Waals surface area contributed by atoms with Crippen LogP contribution in [0.3, 0.4) is 0 Å². The maximum absolute atomic E-state index is 12.9. The minimum absolute atomic E-state index is 0.243. The molecule has 1 N–H and O–H groups in total. The molecule has 1 saturated heterocycles. The highest BCUT2D eigenvalue weighted by Crippen LogP contribution is 2.31. The van der Waals surface area contributed by atoms with Crippen LogP contribution >= 0.6 is 27.5 Å². The third kappa shape index (κ3) is 4.37. The van der Waals surface area contributed by atoms with Gasteiger partial charge in [0.25, 0.3) is 0 Å². The highest BCUT2D eigenvalue weighted by molar-refractivity contribution is 9.10. The molecule has 1 aliphatic carbocycles. The van der Waals surface area contributed by atoms with Crippen LogP contribution in [0.2, 0.25) is 5.02 Å². The number of aromatic nitrogens is 3. The zero-order chi connectivity index (χ0) is 22.1. The summed E-state index contributed by atoms with van der Waals surface area (Å²) >= 11 is 10.0. The van der Waals surface area contributed by atoms with Gasteiger partial charge >= 0.3 is 0 Å². The van der Waals surface area contributed by atoms with E-state index >= 15 is 0 Å². The quantitative estimate of drug-likeness (QED) is 0.476. The van der Waals surface area contributed by atoms with E-state index in [2.05, 4.69) is 31.2 Å². The van der Waals surface area contributed by atoms with Crippen LogP contribution in [0.15, 0.2) is 41.0 Å². The molecule has 0 radical (unpaired) electrons. The second kappa shape index (κ2) is 9.40. The SMILES string of the molecule is O=C(C1CCCCC1)N1CCC(Nc2cc(-c3ccccc3Cl)nc3c(Br)cnn23)CC1. The van der Waals surface area contributed by atoms with E-state index in [4.69, 9.17) is 16.6 Å². The van der Waals surface area contributed by atoms with E-state index < -0.39 is 0 Å². The van der Waals surface area contributed by atoms with Crippen LogP contribution in [0.5, 0.6) is 0 Å². The first-order valence-electron chi connectivity index (χ1n) is 11.4. The summed E-state index contributed by atoms with van der Waals surface area (Å²) in [7, 11) is 0. The number of carbonyl (C=O) groups is 1. The predicted molar refractivity (Wildman–Crippen MR) is 131 cm³/mol. The summed E-state index contributed by atoms with van der Waals surface area (Å²) in [6.45, 7) is 1.61. The van der Waals surface area contributed by atoms with Crippen molar-refractivity contribution in [3.05, 3.63) is 46.0 Å². The summed E-state index contributed by atoms with van der Waals surface area (Å²) in [5.41, 5.74) is 2.44. The number of hydrogen-bond acceptors (Lipinski definition) is 4. The van der Waals surface area contributed by atoms with E-state index in [1.54, 1.807) is 6.20 Å². The molecule has 6 nitrogen and oxygen atoms in total. The van der Waals surface area contributed by atoms with E-state index in [0.717, 1.165) is 66.0 Å². The zero-order valence-electron chi connectivity index (χ0n) is 17.9. The molecular weight excluding hydrogens is 490 g/mol. The largest absolute Gasteiger partial charge is 0.367 e. The average molecular weight is 517 g/mol. The van der Waals surface area contributed by atoms with Gasteiger partial charge in [-0.3, -0.25) is 4.79 Å². The van der Waals surface area contributed by atoms with Gasteiger partial charge in [-0.2, -0.15) is 9.61 Å². The molecule has 0 bridgehead atoms. The Kier molecular flexibility index (Phi) is 6.37. The molecule has 3 aromatic rings. The lowest BCUT2D eigenvalue weighted by Gasteiger charge is -2.35. The first-order valence-corrected chi connectivity index (χ1v) is 12.6. The summed E-state index contributed by atoms with van der Waals surface area (Å²) in [5.74, 6) is 1.49. The Labute approximate surface area is 201 Å². The molecule has 1 saturated carbocycles. The predicted octanol–water partition coefficient (Wildman–Crippen LogP) is 5.80. The van der Waals surface area contributed by atoms with Gasteiger partial charge in [-0.1, -0.05) is 49.1 Å². The Balaban J connectivity index is 1.33. The molecule has 3 heterocycles. The molecular formula is C24H27BrClN5O. The molecule has 1 amide bonds. The third-order valence-electron chi connectivity index (χ3n) is 6.69. The van der Waals surface area contributed by atoms with E-state index in [-0.39, 0.29) is 12.0 Å². The van der Waals surface area contributed by atoms with E-state index in [9.17, 15) is 4.79 Å². The van der Waals surface area contributed by atoms with Crippen LogP contribution in [0.4, 0.5) is 5.82 Å². The van der Waals surface area contributed by atoms with Crippen molar-refractivity contribution in [1.29, 1.82) is 0 Å². The molecule has 2 aromatic heterocycles. The molecule has 32 heavy (non-hydrogen) atoms. The maximum atomic E-state index is 12.9. The number of benzene rings is 1.